The Morgan fingerprint density at radius 1 is 1.16 bits per heavy atom. The quantitative estimate of drug-likeness (QED) is 0.262. The summed E-state index contributed by atoms with van der Waals surface area (Å²) in [4.78, 5) is 58.3. The normalized spacial score (nSPS) is 15.8. The van der Waals surface area contributed by atoms with Crippen molar-refractivity contribution in [3.63, 3.8) is 0 Å². The largest absolute Gasteiger partial charge is 0.384 e. The number of anilines is 1. The molecule has 0 aromatic carbocycles. The summed E-state index contributed by atoms with van der Waals surface area (Å²) in [6, 6.07) is 0. The van der Waals surface area contributed by atoms with Gasteiger partial charge in [0.15, 0.2) is 10.9 Å². The van der Waals surface area contributed by atoms with Crippen molar-refractivity contribution in [1.82, 2.24) is 18.7 Å². The van der Waals surface area contributed by atoms with Gasteiger partial charge in [-0.15, -0.1) is 11.3 Å². The number of hydrogen-bond acceptors (Lipinski definition) is 8. The molecule has 1 aliphatic rings. The number of thiophene rings is 1. The molecule has 0 spiro atoms. The molecule has 0 bridgehead atoms. The minimum atomic E-state index is -0.726. The zero-order valence-corrected chi connectivity index (χ0v) is 24.0. The molecule has 0 saturated heterocycles. The number of nitrogens with zero attached hydrogens (tertiary/aromatic N) is 4. The fourth-order valence-corrected chi connectivity index (χ4v) is 7.29. The Hall–Kier alpha value is -2.66. The van der Waals surface area contributed by atoms with E-state index in [1.54, 1.807) is 15.9 Å². The smallest absolute Gasteiger partial charge is 0.332 e. The van der Waals surface area contributed by atoms with Crippen LogP contribution in [-0.2, 0) is 33.5 Å². The second kappa shape index (κ2) is 10.2. The van der Waals surface area contributed by atoms with Gasteiger partial charge < -0.3 is 5.73 Å². The maximum absolute atomic E-state index is 13.7. The molecular formula is C26H35N5O4S2. The highest BCUT2D eigenvalue weighted by Gasteiger charge is 2.34. The maximum atomic E-state index is 13.7. The number of rotatable bonds is 8. The summed E-state index contributed by atoms with van der Waals surface area (Å²) in [7, 11) is 2.73. The molecule has 9 nitrogen and oxygen atoms in total. The first-order valence-electron chi connectivity index (χ1n) is 12.7. The summed E-state index contributed by atoms with van der Waals surface area (Å²) >= 11 is 2.72. The molecule has 0 saturated carbocycles. The summed E-state index contributed by atoms with van der Waals surface area (Å²) in [5, 5.41) is 1.17. The molecule has 0 aliphatic heterocycles. The van der Waals surface area contributed by atoms with Crippen LogP contribution in [0, 0.1) is 11.3 Å². The molecule has 0 amide bonds. The van der Waals surface area contributed by atoms with Crippen molar-refractivity contribution in [3.8, 4) is 0 Å². The Morgan fingerprint density at radius 3 is 2.51 bits per heavy atom. The van der Waals surface area contributed by atoms with Crippen molar-refractivity contribution < 1.29 is 4.79 Å². The number of carbonyl (C=O) groups excluding carboxylic acids is 1. The van der Waals surface area contributed by atoms with E-state index in [1.807, 2.05) is 6.92 Å². The van der Waals surface area contributed by atoms with Crippen LogP contribution in [0.15, 0.2) is 19.5 Å². The Balaban J connectivity index is 1.71. The van der Waals surface area contributed by atoms with Gasteiger partial charge in [0.2, 0.25) is 0 Å². The Bertz CT molecular complexity index is 1560. The van der Waals surface area contributed by atoms with Crippen LogP contribution in [0.2, 0.25) is 0 Å². The number of fused-ring (bicyclic) bond motifs is 3. The second-order valence-corrected chi connectivity index (χ2v) is 12.5. The number of thioether (sulfide) groups is 1. The van der Waals surface area contributed by atoms with Crippen LogP contribution in [0.5, 0.6) is 0 Å². The minimum Gasteiger partial charge on any atom is -0.384 e. The monoisotopic (exact) mass is 545 g/mol. The van der Waals surface area contributed by atoms with Crippen molar-refractivity contribution >= 4 is 44.9 Å². The molecule has 200 valence electrons. The van der Waals surface area contributed by atoms with E-state index < -0.39 is 17.0 Å². The van der Waals surface area contributed by atoms with Crippen LogP contribution >= 0.6 is 23.1 Å². The van der Waals surface area contributed by atoms with Gasteiger partial charge in [-0.2, -0.15) is 0 Å². The first-order valence-corrected chi connectivity index (χ1v) is 14.5. The van der Waals surface area contributed by atoms with E-state index in [9.17, 15) is 19.2 Å². The van der Waals surface area contributed by atoms with Crippen LogP contribution in [0.1, 0.15) is 67.8 Å². The maximum Gasteiger partial charge on any atom is 0.332 e. The van der Waals surface area contributed by atoms with Crippen LogP contribution in [0.4, 0.5) is 5.82 Å². The Labute approximate surface area is 223 Å². The van der Waals surface area contributed by atoms with Gasteiger partial charge in [0.1, 0.15) is 16.2 Å². The van der Waals surface area contributed by atoms with E-state index in [0.717, 1.165) is 58.6 Å². The molecule has 3 heterocycles. The van der Waals surface area contributed by atoms with Crippen molar-refractivity contribution in [3.05, 3.63) is 47.2 Å². The zero-order valence-electron chi connectivity index (χ0n) is 22.3. The number of aryl methyl sites for hydroxylation is 1. The van der Waals surface area contributed by atoms with Gasteiger partial charge in [-0.05, 0) is 42.6 Å². The highest BCUT2D eigenvalue weighted by Crippen LogP contribution is 2.43. The van der Waals surface area contributed by atoms with Crippen molar-refractivity contribution in [1.29, 1.82) is 0 Å². The number of nitrogen functional groups attached to an aromatic ring is 1. The van der Waals surface area contributed by atoms with E-state index in [1.165, 1.54) is 19.0 Å². The average Bonchev–Trinajstić information content (AvgIpc) is 3.24. The highest BCUT2D eigenvalue weighted by atomic mass is 32.2. The lowest BCUT2D eigenvalue weighted by Crippen LogP contribution is -2.41. The lowest BCUT2D eigenvalue weighted by molar-refractivity contribution is 0.102. The van der Waals surface area contributed by atoms with Gasteiger partial charge in [-0.3, -0.25) is 28.1 Å². The molecule has 1 aliphatic carbocycles. The number of Topliss-reactive ketones (excluding diaryl/α,β-unsaturated/α-hetero) is 1. The molecule has 0 radical (unpaired) electrons. The number of ketones is 1. The number of hydrogen-bond donors (Lipinski definition) is 1. The molecular weight excluding hydrogens is 510 g/mol. The minimum absolute atomic E-state index is 0.0648. The van der Waals surface area contributed by atoms with Crippen molar-refractivity contribution in [2.45, 2.75) is 71.5 Å². The summed E-state index contributed by atoms with van der Waals surface area (Å²) in [6.45, 7) is 9.34. The fraction of sp³-hybridized carbons (Fsp3) is 0.577. The third-order valence-corrected chi connectivity index (χ3v) is 10.0. The van der Waals surface area contributed by atoms with Gasteiger partial charge in [-0.1, -0.05) is 45.9 Å². The Kier molecular flexibility index (Phi) is 7.58. The van der Waals surface area contributed by atoms with Gasteiger partial charge in [0.05, 0.1) is 11.1 Å². The predicted molar refractivity (Wildman–Crippen MR) is 150 cm³/mol. The number of nitrogens with two attached hydrogens (primary N) is 1. The van der Waals surface area contributed by atoms with Crippen LogP contribution in [0.25, 0.3) is 10.2 Å². The Morgan fingerprint density at radius 2 is 1.86 bits per heavy atom. The van der Waals surface area contributed by atoms with E-state index in [2.05, 4.69) is 20.8 Å². The molecule has 11 heteroatoms. The lowest BCUT2D eigenvalue weighted by Gasteiger charge is -2.36. The first-order chi connectivity index (χ1) is 17.4. The molecule has 0 fully saturated rings. The molecule has 1 unspecified atom stereocenters. The molecule has 3 aromatic rings. The lowest BCUT2D eigenvalue weighted by atomic mass is 9.70. The molecule has 37 heavy (non-hydrogen) atoms. The summed E-state index contributed by atoms with van der Waals surface area (Å²) in [5.41, 5.74) is 5.73. The summed E-state index contributed by atoms with van der Waals surface area (Å²) in [6.07, 6.45) is 4.75. The fourth-order valence-electron chi connectivity index (χ4n) is 5.05. The standard InChI is InChI=1S/C26H35N5O4S2/c1-7-11-31-23(34)18-15-10-9-14(26(3,4)8-2)12-17(15)37-21(18)28-24(31)36-13-16(32)19-20(27)29(5)25(35)30(6)22(19)33/h14H,7-13,27H2,1-6H3. The van der Waals surface area contributed by atoms with E-state index in [-0.39, 0.29) is 28.1 Å². The molecule has 1 atom stereocenters. The van der Waals surface area contributed by atoms with Crippen molar-refractivity contribution in [2.75, 3.05) is 11.5 Å². The number of aromatic nitrogens is 4. The first kappa shape index (κ1) is 27.4. The highest BCUT2D eigenvalue weighted by molar-refractivity contribution is 7.99. The summed E-state index contributed by atoms with van der Waals surface area (Å²) in [5.74, 6) is -0.232. The van der Waals surface area contributed by atoms with Gasteiger partial charge >= 0.3 is 5.69 Å². The molecule has 2 N–H and O–H groups in total. The van der Waals surface area contributed by atoms with Gasteiger partial charge in [0, 0.05) is 25.5 Å². The predicted octanol–water partition coefficient (Wildman–Crippen LogP) is 3.36. The second-order valence-electron chi connectivity index (χ2n) is 10.5. The topological polar surface area (TPSA) is 122 Å². The van der Waals surface area contributed by atoms with Gasteiger partial charge in [-0.25, -0.2) is 9.78 Å². The number of carbonyl (C=O) groups is 1. The molecule has 3 aromatic heterocycles. The van der Waals surface area contributed by atoms with Crippen molar-refractivity contribution in [2.24, 2.45) is 25.4 Å². The van der Waals surface area contributed by atoms with E-state index in [0.29, 0.717) is 27.8 Å². The SMILES string of the molecule is CCCn1c(SCC(=O)c2c(N)n(C)c(=O)n(C)c2=O)nc2sc3c(c2c1=O)CCC(C(C)(C)CC)C3. The molecule has 4 rings (SSSR count). The summed E-state index contributed by atoms with van der Waals surface area (Å²) < 4.78 is 3.60. The van der Waals surface area contributed by atoms with E-state index >= 15 is 0 Å². The van der Waals surface area contributed by atoms with Gasteiger partial charge in [0.25, 0.3) is 11.1 Å². The zero-order chi connectivity index (χ0) is 27.2. The third kappa shape index (κ3) is 4.71. The van der Waals surface area contributed by atoms with Crippen LogP contribution < -0.4 is 22.5 Å². The average molecular weight is 546 g/mol. The van der Waals surface area contributed by atoms with Crippen LogP contribution in [-0.4, -0.2) is 30.2 Å². The third-order valence-electron chi connectivity index (χ3n) is 7.92. The van der Waals surface area contributed by atoms with Crippen LogP contribution in [0.3, 0.4) is 0 Å². The van der Waals surface area contributed by atoms with E-state index in [4.69, 9.17) is 10.7 Å².